The molecule has 0 aliphatic heterocycles. The molecule has 0 fully saturated rings. The van der Waals surface area contributed by atoms with Crippen LogP contribution in [-0.4, -0.2) is 57.6 Å². The third kappa shape index (κ3) is 10.2. The minimum Gasteiger partial charge on any atom is -0.330 e. The van der Waals surface area contributed by atoms with Gasteiger partial charge in [-0.2, -0.15) is 0 Å². The topological polar surface area (TPSA) is 32.5 Å². The molecule has 0 aliphatic carbocycles. The first-order valence-electron chi connectivity index (χ1n) is 6.05. The molecule has 0 unspecified atom stereocenters. The lowest BCUT2D eigenvalue weighted by atomic mass is 9.97. The zero-order valence-corrected chi connectivity index (χ0v) is 11.0. The summed E-state index contributed by atoms with van der Waals surface area (Å²) in [5.74, 6) is 0.727. The molecule has 0 rings (SSSR count). The minimum absolute atomic E-state index is 0.727. The van der Waals surface area contributed by atoms with Crippen LogP contribution in [-0.2, 0) is 0 Å². The minimum atomic E-state index is 0.727. The molecular weight excluding hydrogens is 186 g/mol. The van der Waals surface area contributed by atoms with Gasteiger partial charge in [0.25, 0.3) is 0 Å². The molecule has 3 nitrogen and oxygen atoms in total. The Kier molecular flexibility index (Phi) is 9.06. The Balaban J connectivity index is 3.46. The van der Waals surface area contributed by atoms with E-state index in [1.54, 1.807) is 0 Å². The molecule has 0 saturated carbocycles. The lowest BCUT2D eigenvalue weighted by Gasteiger charge is -2.17. The van der Waals surface area contributed by atoms with Gasteiger partial charge in [-0.1, -0.05) is 0 Å². The van der Waals surface area contributed by atoms with Crippen LogP contribution in [0.4, 0.5) is 0 Å². The van der Waals surface area contributed by atoms with E-state index in [1.807, 2.05) is 0 Å². The molecule has 2 N–H and O–H groups in total. The Morgan fingerprint density at radius 1 is 0.867 bits per heavy atom. The summed E-state index contributed by atoms with van der Waals surface area (Å²) in [6.45, 7) is 3.22. The van der Waals surface area contributed by atoms with Crippen molar-refractivity contribution in [2.75, 3.05) is 47.8 Å². The second-order valence-electron chi connectivity index (χ2n) is 4.99. The fourth-order valence-electron chi connectivity index (χ4n) is 1.77. The average Bonchev–Trinajstić information content (AvgIpc) is 2.14. The van der Waals surface area contributed by atoms with Gasteiger partial charge in [0.1, 0.15) is 0 Å². The van der Waals surface area contributed by atoms with Crippen LogP contribution < -0.4 is 5.73 Å². The molecule has 0 aromatic heterocycles. The Bertz CT molecular complexity index is 121. The lowest BCUT2D eigenvalue weighted by molar-refractivity contribution is 0.335. The molecule has 0 atom stereocenters. The van der Waals surface area contributed by atoms with Crippen molar-refractivity contribution in [1.82, 2.24) is 9.80 Å². The molecule has 3 heteroatoms. The average molecular weight is 215 g/mol. The van der Waals surface area contributed by atoms with E-state index in [-0.39, 0.29) is 0 Å². The third-order valence-electron chi connectivity index (χ3n) is 2.77. The Hall–Kier alpha value is -0.120. The van der Waals surface area contributed by atoms with Gasteiger partial charge in [-0.15, -0.1) is 0 Å². The van der Waals surface area contributed by atoms with Crippen molar-refractivity contribution in [2.45, 2.75) is 25.7 Å². The summed E-state index contributed by atoms with van der Waals surface area (Å²) in [4.78, 5) is 4.49. The molecule has 15 heavy (non-hydrogen) atoms. The molecule has 0 heterocycles. The van der Waals surface area contributed by atoms with E-state index < -0.39 is 0 Å². The second-order valence-corrected chi connectivity index (χ2v) is 4.99. The summed E-state index contributed by atoms with van der Waals surface area (Å²) in [5.41, 5.74) is 5.78. The van der Waals surface area contributed by atoms with E-state index in [9.17, 15) is 0 Å². The zero-order chi connectivity index (χ0) is 11.7. The molecule has 0 saturated heterocycles. The quantitative estimate of drug-likeness (QED) is 0.628. The zero-order valence-electron chi connectivity index (χ0n) is 11.0. The first-order chi connectivity index (χ1) is 7.06. The largest absolute Gasteiger partial charge is 0.330 e. The normalized spacial score (nSPS) is 12.0. The summed E-state index contributed by atoms with van der Waals surface area (Å²) < 4.78 is 0. The van der Waals surface area contributed by atoms with E-state index in [0.717, 1.165) is 12.5 Å². The fourth-order valence-corrected chi connectivity index (χ4v) is 1.77. The number of rotatable bonds is 9. The fraction of sp³-hybridized carbons (Fsp3) is 1.00. The van der Waals surface area contributed by atoms with Gasteiger partial charge in [-0.05, 0) is 79.4 Å². The van der Waals surface area contributed by atoms with E-state index in [2.05, 4.69) is 38.0 Å². The smallest absolute Gasteiger partial charge is 0.00247 e. The van der Waals surface area contributed by atoms with Gasteiger partial charge < -0.3 is 15.5 Å². The van der Waals surface area contributed by atoms with E-state index in [0.29, 0.717) is 0 Å². The van der Waals surface area contributed by atoms with Crippen molar-refractivity contribution < 1.29 is 0 Å². The number of nitrogens with two attached hydrogens (primary N) is 1. The van der Waals surface area contributed by atoms with E-state index in [1.165, 1.54) is 38.8 Å². The molecular formula is C12H29N3. The van der Waals surface area contributed by atoms with Crippen LogP contribution in [0.3, 0.4) is 0 Å². The monoisotopic (exact) mass is 215 g/mol. The van der Waals surface area contributed by atoms with Crippen molar-refractivity contribution in [1.29, 1.82) is 0 Å². The first kappa shape index (κ1) is 14.9. The lowest BCUT2D eigenvalue weighted by Crippen LogP contribution is -2.20. The predicted octanol–water partition coefficient (Wildman–Crippen LogP) is 1.24. The summed E-state index contributed by atoms with van der Waals surface area (Å²) in [5, 5.41) is 0. The maximum Gasteiger partial charge on any atom is -0.00247 e. The van der Waals surface area contributed by atoms with Crippen LogP contribution in [0.5, 0.6) is 0 Å². The number of hydrogen-bond acceptors (Lipinski definition) is 3. The first-order valence-corrected chi connectivity index (χ1v) is 6.05. The number of hydrogen-bond donors (Lipinski definition) is 1. The SMILES string of the molecule is CN(C)CCCC(CN)CCCN(C)C. The van der Waals surface area contributed by atoms with Crippen molar-refractivity contribution in [3.8, 4) is 0 Å². The van der Waals surface area contributed by atoms with Crippen LogP contribution in [0.15, 0.2) is 0 Å². The highest BCUT2D eigenvalue weighted by molar-refractivity contribution is 4.62. The predicted molar refractivity (Wildman–Crippen MR) is 68.1 cm³/mol. The molecule has 0 aromatic carbocycles. The summed E-state index contributed by atoms with van der Waals surface area (Å²) in [6.07, 6.45) is 5.11. The van der Waals surface area contributed by atoms with Gasteiger partial charge in [-0.25, -0.2) is 0 Å². The van der Waals surface area contributed by atoms with Crippen molar-refractivity contribution >= 4 is 0 Å². The van der Waals surface area contributed by atoms with Crippen molar-refractivity contribution in [2.24, 2.45) is 11.7 Å². The van der Waals surface area contributed by atoms with Crippen LogP contribution in [0, 0.1) is 5.92 Å². The molecule has 0 radical (unpaired) electrons. The molecule has 0 bridgehead atoms. The van der Waals surface area contributed by atoms with Crippen LogP contribution in [0.2, 0.25) is 0 Å². The second kappa shape index (κ2) is 9.13. The summed E-state index contributed by atoms with van der Waals surface area (Å²) >= 11 is 0. The van der Waals surface area contributed by atoms with Crippen molar-refractivity contribution in [3.63, 3.8) is 0 Å². The van der Waals surface area contributed by atoms with Crippen LogP contribution >= 0.6 is 0 Å². The van der Waals surface area contributed by atoms with E-state index in [4.69, 9.17) is 5.73 Å². The molecule has 0 aromatic rings. The summed E-state index contributed by atoms with van der Waals surface area (Å²) in [6, 6.07) is 0. The molecule has 0 amide bonds. The highest BCUT2D eigenvalue weighted by atomic mass is 15.0. The maximum atomic E-state index is 5.78. The third-order valence-corrected chi connectivity index (χ3v) is 2.77. The Morgan fingerprint density at radius 3 is 1.53 bits per heavy atom. The highest BCUT2D eigenvalue weighted by Gasteiger charge is 2.06. The van der Waals surface area contributed by atoms with Gasteiger partial charge in [0, 0.05) is 0 Å². The van der Waals surface area contributed by atoms with Crippen LogP contribution in [0.1, 0.15) is 25.7 Å². The van der Waals surface area contributed by atoms with Gasteiger partial charge >= 0.3 is 0 Å². The van der Waals surface area contributed by atoms with Crippen molar-refractivity contribution in [3.05, 3.63) is 0 Å². The molecule has 0 aliphatic rings. The number of nitrogens with zero attached hydrogens (tertiary/aromatic N) is 2. The molecule has 92 valence electrons. The summed E-state index contributed by atoms with van der Waals surface area (Å²) in [7, 11) is 8.51. The maximum absolute atomic E-state index is 5.78. The standard InChI is InChI=1S/C12H29N3/c1-14(2)9-5-7-12(11-13)8-6-10-15(3)4/h12H,5-11,13H2,1-4H3. The van der Waals surface area contributed by atoms with Crippen LogP contribution in [0.25, 0.3) is 0 Å². The Morgan fingerprint density at radius 2 is 1.27 bits per heavy atom. The molecule has 0 spiro atoms. The highest BCUT2D eigenvalue weighted by Crippen LogP contribution is 2.12. The van der Waals surface area contributed by atoms with E-state index >= 15 is 0 Å². The Labute approximate surface area is 95.6 Å². The van der Waals surface area contributed by atoms with Gasteiger partial charge in [0.15, 0.2) is 0 Å². The van der Waals surface area contributed by atoms with Gasteiger partial charge in [0.2, 0.25) is 0 Å². The van der Waals surface area contributed by atoms with Gasteiger partial charge in [-0.3, -0.25) is 0 Å². The van der Waals surface area contributed by atoms with Gasteiger partial charge in [0.05, 0.1) is 0 Å².